The predicted octanol–water partition coefficient (Wildman–Crippen LogP) is 3.00. The second-order valence-electron chi connectivity index (χ2n) is 11.2. The summed E-state index contributed by atoms with van der Waals surface area (Å²) in [7, 11) is 0. The molecule has 2 unspecified atom stereocenters. The first-order valence-corrected chi connectivity index (χ1v) is 12.9. The maximum absolute atomic E-state index is 12.9. The number of ether oxygens (including phenoxy) is 1. The van der Waals surface area contributed by atoms with E-state index in [2.05, 4.69) is 41.4 Å². The molecule has 3 N–H and O–H groups in total. The van der Waals surface area contributed by atoms with Crippen molar-refractivity contribution in [2.45, 2.75) is 53.1 Å². The Morgan fingerprint density at radius 1 is 1.20 bits per heavy atom. The van der Waals surface area contributed by atoms with Gasteiger partial charge in [-0.1, -0.05) is 20.8 Å². The second kappa shape index (κ2) is 10.7. The highest BCUT2D eigenvalue weighted by molar-refractivity contribution is 5.96. The molecule has 9 nitrogen and oxygen atoms in total. The van der Waals surface area contributed by atoms with Crippen molar-refractivity contribution >= 4 is 17.7 Å². The molecule has 0 bridgehead atoms. The van der Waals surface area contributed by atoms with E-state index >= 15 is 0 Å². The van der Waals surface area contributed by atoms with Gasteiger partial charge in [0, 0.05) is 57.4 Å². The zero-order chi connectivity index (χ0) is 25.2. The minimum absolute atomic E-state index is 0.0122. The summed E-state index contributed by atoms with van der Waals surface area (Å²) in [6.07, 6.45) is 0.907. The summed E-state index contributed by atoms with van der Waals surface area (Å²) in [5, 5.41) is 14.9. The van der Waals surface area contributed by atoms with Gasteiger partial charge in [0.2, 0.25) is 0 Å². The fourth-order valence-corrected chi connectivity index (χ4v) is 5.64. The van der Waals surface area contributed by atoms with E-state index in [1.165, 1.54) is 5.56 Å². The first-order valence-electron chi connectivity index (χ1n) is 12.9. The lowest BCUT2D eigenvalue weighted by Crippen LogP contribution is -2.52. The number of morpholine rings is 1. The number of hydrogen-bond donors (Lipinski definition) is 3. The molecule has 2 fully saturated rings. The van der Waals surface area contributed by atoms with Crippen LogP contribution in [0.1, 0.15) is 55.1 Å². The van der Waals surface area contributed by atoms with Gasteiger partial charge in [0.1, 0.15) is 0 Å². The van der Waals surface area contributed by atoms with Gasteiger partial charge in [0.05, 0.1) is 18.9 Å². The number of hydrogen-bond acceptors (Lipinski definition) is 6. The zero-order valence-corrected chi connectivity index (χ0v) is 21.6. The van der Waals surface area contributed by atoms with Crippen LogP contribution in [0.15, 0.2) is 12.1 Å². The van der Waals surface area contributed by atoms with Crippen LogP contribution in [0.3, 0.4) is 0 Å². The monoisotopic (exact) mass is 487 g/mol. The Labute approximate surface area is 208 Å². The molecule has 35 heavy (non-hydrogen) atoms. The molecule has 2 saturated heterocycles. The molecular weight excluding hydrogens is 446 g/mol. The number of anilines is 1. The Kier molecular flexibility index (Phi) is 7.88. The molecule has 3 aliphatic heterocycles. The molecule has 0 spiro atoms. The summed E-state index contributed by atoms with van der Waals surface area (Å²) < 4.78 is 5.38. The van der Waals surface area contributed by atoms with E-state index in [0.717, 1.165) is 75.6 Å². The molecule has 2 amide bonds. The minimum Gasteiger partial charge on any atom is -0.465 e. The Bertz CT molecular complexity index is 925. The van der Waals surface area contributed by atoms with E-state index in [1.807, 2.05) is 19.1 Å². The zero-order valence-electron chi connectivity index (χ0n) is 21.6. The van der Waals surface area contributed by atoms with Crippen molar-refractivity contribution in [1.29, 1.82) is 0 Å². The predicted molar refractivity (Wildman–Crippen MR) is 136 cm³/mol. The lowest BCUT2D eigenvalue weighted by Gasteiger charge is -2.45. The van der Waals surface area contributed by atoms with E-state index < -0.39 is 6.09 Å². The molecule has 3 aliphatic rings. The Morgan fingerprint density at radius 3 is 2.63 bits per heavy atom. The van der Waals surface area contributed by atoms with Crippen LogP contribution < -0.4 is 10.7 Å². The van der Waals surface area contributed by atoms with E-state index in [-0.39, 0.29) is 17.4 Å². The molecule has 1 aromatic carbocycles. The van der Waals surface area contributed by atoms with Crippen LogP contribution in [-0.2, 0) is 11.3 Å². The SMILES string of the molecule is Cc1c(C(=O)NCCN2CCOCC2)ccc2c1CN(CC1CCN(C(=O)O)C(C(C)(C)C)C1)N2. The van der Waals surface area contributed by atoms with Gasteiger partial charge in [-0.3, -0.25) is 9.69 Å². The highest BCUT2D eigenvalue weighted by atomic mass is 16.5. The van der Waals surface area contributed by atoms with Gasteiger partial charge in [-0.25, -0.2) is 9.80 Å². The number of nitrogens with zero attached hydrogens (tertiary/aromatic N) is 3. The van der Waals surface area contributed by atoms with Crippen molar-refractivity contribution in [2.75, 3.05) is 57.9 Å². The molecule has 0 saturated carbocycles. The van der Waals surface area contributed by atoms with Crippen molar-refractivity contribution in [3.8, 4) is 0 Å². The van der Waals surface area contributed by atoms with Gasteiger partial charge in [-0.05, 0) is 54.4 Å². The lowest BCUT2D eigenvalue weighted by atomic mass is 9.77. The summed E-state index contributed by atoms with van der Waals surface area (Å²) in [5.74, 6) is 0.394. The summed E-state index contributed by atoms with van der Waals surface area (Å²) in [6, 6.07) is 3.93. The van der Waals surface area contributed by atoms with Gasteiger partial charge >= 0.3 is 6.09 Å². The summed E-state index contributed by atoms with van der Waals surface area (Å²) in [5.41, 5.74) is 7.40. The standard InChI is InChI=1S/C26H41N5O4/c1-18-20(24(32)27-8-10-29-11-13-35-14-12-29)5-6-22-21(18)17-30(28-22)16-19-7-9-31(25(33)34)23(15-19)26(2,3)4/h5-6,19,23,28H,7-17H2,1-4H3,(H,27,32)(H,33,34). The van der Waals surface area contributed by atoms with Crippen molar-refractivity contribution < 1.29 is 19.4 Å². The summed E-state index contributed by atoms with van der Waals surface area (Å²) >= 11 is 0. The highest BCUT2D eigenvalue weighted by Gasteiger charge is 2.39. The molecule has 2 atom stereocenters. The third-order valence-corrected chi connectivity index (χ3v) is 7.72. The van der Waals surface area contributed by atoms with Gasteiger partial charge in [-0.15, -0.1) is 0 Å². The van der Waals surface area contributed by atoms with Crippen LogP contribution in [0.5, 0.6) is 0 Å². The number of rotatable bonds is 6. The lowest BCUT2D eigenvalue weighted by molar-refractivity contribution is 0.0341. The van der Waals surface area contributed by atoms with Crippen molar-refractivity contribution in [2.24, 2.45) is 11.3 Å². The van der Waals surface area contributed by atoms with Crippen molar-refractivity contribution in [3.05, 3.63) is 28.8 Å². The number of likely N-dealkylation sites (tertiary alicyclic amines) is 1. The molecule has 3 heterocycles. The number of benzene rings is 1. The number of carbonyl (C=O) groups is 2. The molecule has 0 aromatic heterocycles. The molecule has 0 radical (unpaired) electrons. The van der Waals surface area contributed by atoms with Crippen LogP contribution in [-0.4, -0.2) is 90.4 Å². The molecule has 194 valence electrons. The first kappa shape index (κ1) is 25.7. The Balaban J connectivity index is 1.33. The maximum Gasteiger partial charge on any atom is 0.407 e. The van der Waals surface area contributed by atoms with Gasteiger partial charge < -0.3 is 25.5 Å². The number of nitrogens with one attached hydrogen (secondary N) is 2. The van der Waals surface area contributed by atoms with Gasteiger partial charge in [0.25, 0.3) is 5.91 Å². The summed E-state index contributed by atoms with van der Waals surface area (Å²) in [6.45, 7) is 15.4. The maximum atomic E-state index is 12.9. The Morgan fingerprint density at radius 2 is 1.94 bits per heavy atom. The fraction of sp³-hybridized carbons (Fsp3) is 0.692. The second-order valence-corrected chi connectivity index (χ2v) is 11.2. The van der Waals surface area contributed by atoms with Crippen LogP contribution in [0, 0.1) is 18.3 Å². The van der Waals surface area contributed by atoms with Crippen molar-refractivity contribution in [1.82, 2.24) is 20.1 Å². The van der Waals surface area contributed by atoms with E-state index in [9.17, 15) is 14.7 Å². The molecule has 0 aliphatic carbocycles. The van der Waals surface area contributed by atoms with E-state index in [4.69, 9.17) is 4.74 Å². The number of fused-ring (bicyclic) bond motifs is 1. The first-order chi connectivity index (χ1) is 16.6. The smallest absolute Gasteiger partial charge is 0.407 e. The fourth-order valence-electron chi connectivity index (χ4n) is 5.64. The molecule has 9 heteroatoms. The number of piperidine rings is 1. The minimum atomic E-state index is -0.818. The normalized spacial score (nSPS) is 23.6. The van der Waals surface area contributed by atoms with Crippen LogP contribution in [0.25, 0.3) is 0 Å². The van der Waals surface area contributed by atoms with Crippen LogP contribution >= 0.6 is 0 Å². The topological polar surface area (TPSA) is 97.4 Å². The number of carbonyl (C=O) groups excluding carboxylic acids is 1. The number of hydrazine groups is 1. The van der Waals surface area contributed by atoms with Gasteiger partial charge in [0.15, 0.2) is 0 Å². The van der Waals surface area contributed by atoms with Crippen LogP contribution in [0.4, 0.5) is 10.5 Å². The van der Waals surface area contributed by atoms with E-state index in [1.54, 1.807) is 4.90 Å². The number of carboxylic acid groups (broad SMARTS) is 1. The molecular formula is C26H41N5O4. The van der Waals surface area contributed by atoms with Gasteiger partial charge in [-0.2, -0.15) is 0 Å². The number of amides is 2. The van der Waals surface area contributed by atoms with E-state index in [0.29, 0.717) is 19.0 Å². The van der Waals surface area contributed by atoms with Crippen LogP contribution in [0.2, 0.25) is 0 Å². The molecule has 4 rings (SSSR count). The third-order valence-electron chi connectivity index (χ3n) is 7.72. The summed E-state index contributed by atoms with van der Waals surface area (Å²) in [4.78, 5) is 28.6. The van der Waals surface area contributed by atoms with Crippen molar-refractivity contribution in [3.63, 3.8) is 0 Å². The average molecular weight is 488 g/mol. The Hall–Kier alpha value is -2.36. The highest BCUT2D eigenvalue weighted by Crippen LogP contribution is 2.36. The molecule has 1 aromatic rings. The quantitative estimate of drug-likeness (QED) is 0.568. The average Bonchev–Trinajstić information content (AvgIpc) is 3.22. The largest absolute Gasteiger partial charge is 0.465 e. The third kappa shape index (κ3) is 6.08.